The van der Waals surface area contributed by atoms with Crippen molar-refractivity contribution in [1.29, 1.82) is 0 Å². The molecule has 0 bridgehead atoms. The number of aliphatic imine (C=N–C) groups is 1. The molecule has 70 valence electrons. The summed E-state index contributed by atoms with van der Waals surface area (Å²) in [7, 11) is 3.65. The molecule has 0 N–H and O–H groups in total. The first-order valence-corrected chi connectivity index (χ1v) is 3.94. The monoisotopic (exact) mass is 200 g/mol. The summed E-state index contributed by atoms with van der Waals surface area (Å²) in [6, 6.07) is 3.01. The minimum Gasteiger partial charge on any atom is -0.593 e. The Morgan fingerprint density at radius 3 is 2.85 bits per heavy atom. The molecule has 0 unspecified atom stereocenters. The van der Waals surface area contributed by atoms with Gasteiger partial charge in [0.2, 0.25) is 5.82 Å². The fraction of sp³-hybridized carbons (Fsp3) is 0.286. The number of hydrogen-bond acceptors (Lipinski definition) is 3. The van der Waals surface area contributed by atoms with Crippen molar-refractivity contribution in [3.63, 3.8) is 0 Å². The van der Waals surface area contributed by atoms with Gasteiger partial charge in [-0.2, -0.15) is 0 Å². The Labute approximate surface area is 80.9 Å². The lowest BCUT2D eigenvalue weighted by Gasteiger charge is -2.01. The first-order chi connectivity index (χ1) is 6.09. The molecule has 0 radical (unpaired) electrons. The van der Waals surface area contributed by atoms with Gasteiger partial charge in [0.25, 0.3) is 0 Å². The summed E-state index contributed by atoms with van der Waals surface area (Å²) < 4.78 is 0. The Morgan fingerprint density at radius 1 is 1.62 bits per heavy atom. The third kappa shape index (κ3) is 2.87. The van der Waals surface area contributed by atoms with Gasteiger partial charge in [-0.3, -0.25) is 0 Å². The first kappa shape index (κ1) is 9.73. The molecule has 0 saturated carbocycles. The summed E-state index contributed by atoms with van der Waals surface area (Å²) in [5.74, 6) is 0.327. The van der Waals surface area contributed by atoms with Crippen molar-refractivity contribution >= 4 is 23.8 Å². The van der Waals surface area contributed by atoms with Crippen LogP contribution in [-0.4, -0.2) is 30.4 Å². The Hall–Kier alpha value is -1.36. The van der Waals surface area contributed by atoms with Gasteiger partial charge in [0.15, 0.2) is 0 Å². The van der Waals surface area contributed by atoms with Crippen molar-refractivity contribution in [2.24, 2.45) is 4.99 Å². The minimum absolute atomic E-state index is 0.0313. The first-order valence-electron chi connectivity index (χ1n) is 3.56. The van der Waals surface area contributed by atoms with Crippen LogP contribution in [0.3, 0.4) is 0 Å². The second-order valence-electron chi connectivity index (χ2n) is 2.60. The second kappa shape index (κ2) is 4.04. The number of halogens is 1. The van der Waals surface area contributed by atoms with E-state index in [9.17, 15) is 5.21 Å². The largest absolute Gasteiger partial charge is 0.593 e. The van der Waals surface area contributed by atoms with Gasteiger partial charge in [-0.1, -0.05) is 0 Å². The molecule has 0 atom stereocenters. The zero-order chi connectivity index (χ0) is 9.84. The standard InChI is InChI=1S/C7H9ClN4O/c1-11(2)5-9-7-4-3-6(8)12(13)10-7/h3-5H,1-2H3. The topological polar surface area (TPSA) is 55.4 Å². The van der Waals surface area contributed by atoms with Crippen molar-refractivity contribution in [2.45, 2.75) is 0 Å². The van der Waals surface area contributed by atoms with E-state index in [1.807, 2.05) is 14.1 Å². The van der Waals surface area contributed by atoms with Gasteiger partial charge in [-0.25, -0.2) is 4.99 Å². The lowest BCUT2D eigenvalue weighted by molar-refractivity contribution is -0.665. The van der Waals surface area contributed by atoms with Crippen LogP contribution in [-0.2, 0) is 0 Å². The Morgan fingerprint density at radius 2 is 2.31 bits per heavy atom. The van der Waals surface area contributed by atoms with Crippen LogP contribution in [0.15, 0.2) is 17.1 Å². The van der Waals surface area contributed by atoms with Gasteiger partial charge in [-0.15, -0.1) is 0 Å². The highest BCUT2D eigenvalue weighted by Crippen LogP contribution is 2.06. The van der Waals surface area contributed by atoms with Gasteiger partial charge >= 0.3 is 5.15 Å². The van der Waals surface area contributed by atoms with Crippen LogP contribution >= 0.6 is 11.6 Å². The molecule has 1 heterocycles. The van der Waals surface area contributed by atoms with Gasteiger partial charge in [-0.05, 0) is 22.5 Å². The minimum atomic E-state index is 0.0313. The summed E-state index contributed by atoms with van der Waals surface area (Å²) in [6.45, 7) is 0. The molecule has 1 aromatic rings. The van der Waals surface area contributed by atoms with Crippen molar-refractivity contribution in [1.82, 2.24) is 10.00 Å². The second-order valence-corrected chi connectivity index (χ2v) is 2.98. The molecule has 0 saturated heterocycles. The molecule has 13 heavy (non-hydrogen) atoms. The molecule has 6 heteroatoms. The summed E-state index contributed by atoms with van der Waals surface area (Å²) in [6.07, 6.45) is 1.55. The predicted octanol–water partition coefficient (Wildman–Crippen LogP) is 0.590. The van der Waals surface area contributed by atoms with Crippen LogP contribution in [0.1, 0.15) is 0 Å². The molecule has 0 aliphatic rings. The predicted molar refractivity (Wildman–Crippen MR) is 50.0 cm³/mol. The number of hydrogen-bond donors (Lipinski definition) is 0. The smallest absolute Gasteiger partial charge is 0.313 e. The molecular weight excluding hydrogens is 192 g/mol. The quantitative estimate of drug-likeness (QED) is 0.304. The Kier molecular flexibility index (Phi) is 3.02. The van der Waals surface area contributed by atoms with E-state index in [0.29, 0.717) is 10.7 Å². The molecule has 0 aromatic carbocycles. The Balaban J connectivity index is 2.85. The summed E-state index contributed by atoms with van der Waals surface area (Å²) >= 11 is 5.47. The fourth-order valence-corrected chi connectivity index (χ4v) is 0.725. The van der Waals surface area contributed by atoms with Crippen molar-refractivity contribution in [2.75, 3.05) is 14.1 Å². The normalized spacial score (nSPS) is 10.7. The number of rotatable bonds is 2. The molecular formula is C7H9ClN4O. The highest BCUT2D eigenvalue weighted by atomic mass is 35.5. The van der Waals surface area contributed by atoms with Crippen LogP contribution in [0.25, 0.3) is 0 Å². The average Bonchev–Trinajstić information content (AvgIpc) is 2.07. The molecule has 0 amide bonds. The SMILES string of the molecule is CN(C)C=Nc1ccc(Cl)[n+]([O-])n1. The lowest BCUT2D eigenvalue weighted by Crippen LogP contribution is -2.31. The van der Waals surface area contributed by atoms with E-state index in [2.05, 4.69) is 10.1 Å². The van der Waals surface area contributed by atoms with Gasteiger partial charge in [0.05, 0.1) is 6.34 Å². The maximum Gasteiger partial charge on any atom is 0.313 e. The third-order valence-electron chi connectivity index (χ3n) is 1.17. The molecule has 1 rings (SSSR count). The highest BCUT2D eigenvalue weighted by Gasteiger charge is 2.03. The van der Waals surface area contributed by atoms with E-state index in [4.69, 9.17) is 11.6 Å². The Bertz CT molecular complexity index is 326. The molecule has 0 aliphatic carbocycles. The highest BCUT2D eigenvalue weighted by molar-refractivity contribution is 6.28. The van der Waals surface area contributed by atoms with Crippen LogP contribution in [0.5, 0.6) is 0 Å². The maximum absolute atomic E-state index is 10.9. The molecule has 1 aromatic heterocycles. The average molecular weight is 201 g/mol. The van der Waals surface area contributed by atoms with E-state index >= 15 is 0 Å². The van der Waals surface area contributed by atoms with E-state index in [0.717, 1.165) is 0 Å². The zero-order valence-corrected chi connectivity index (χ0v) is 8.06. The van der Waals surface area contributed by atoms with Crippen LogP contribution in [0.2, 0.25) is 5.15 Å². The summed E-state index contributed by atoms with van der Waals surface area (Å²) in [5, 5.41) is 14.5. The maximum atomic E-state index is 10.9. The zero-order valence-electron chi connectivity index (χ0n) is 7.31. The summed E-state index contributed by atoms with van der Waals surface area (Å²) in [4.78, 5) is 5.98. The van der Waals surface area contributed by atoms with E-state index in [-0.39, 0.29) is 5.15 Å². The van der Waals surface area contributed by atoms with E-state index in [1.165, 1.54) is 6.07 Å². The van der Waals surface area contributed by atoms with E-state index in [1.54, 1.807) is 17.3 Å². The molecule has 0 aliphatic heterocycles. The van der Waals surface area contributed by atoms with Crippen LogP contribution < -0.4 is 4.85 Å². The lowest BCUT2D eigenvalue weighted by atomic mass is 10.5. The van der Waals surface area contributed by atoms with Crippen molar-refractivity contribution < 1.29 is 4.85 Å². The molecule has 0 fully saturated rings. The fourth-order valence-electron chi connectivity index (χ4n) is 0.625. The third-order valence-corrected chi connectivity index (χ3v) is 1.44. The molecule has 5 nitrogen and oxygen atoms in total. The van der Waals surface area contributed by atoms with Crippen LogP contribution in [0.4, 0.5) is 5.82 Å². The summed E-state index contributed by atoms with van der Waals surface area (Å²) in [5.41, 5.74) is 0. The van der Waals surface area contributed by atoms with E-state index < -0.39 is 0 Å². The number of aromatic nitrogens is 2. The number of nitrogens with zero attached hydrogens (tertiary/aromatic N) is 4. The van der Waals surface area contributed by atoms with Gasteiger partial charge < -0.3 is 10.1 Å². The molecule has 0 spiro atoms. The van der Waals surface area contributed by atoms with Gasteiger partial charge in [0.1, 0.15) is 0 Å². The van der Waals surface area contributed by atoms with Gasteiger partial charge in [0, 0.05) is 25.3 Å². The van der Waals surface area contributed by atoms with Crippen molar-refractivity contribution in [3.05, 3.63) is 22.5 Å². The van der Waals surface area contributed by atoms with Crippen LogP contribution in [0, 0.1) is 5.21 Å². The van der Waals surface area contributed by atoms with Crippen molar-refractivity contribution in [3.8, 4) is 0 Å².